The van der Waals surface area contributed by atoms with Crippen LogP contribution in [0.1, 0.15) is 45.4 Å². The van der Waals surface area contributed by atoms with Gasteiger partial charge in [-0.3, -0.25) is 10.1 Å². The lowest BCUT2D eigenvalue weighted by Crippen LogP contribution is -2.36. The third-order valence-electron chi connectivity index (χ3n) is 4.12. The normalized spacial score (nSPS) is 38.0. The van der Waals surface area contributed by atoms with Crippen LogP contribution in [-0.2, 0) is 9.53 Å². The maximum atomic E-state index is 12.0. The molecule has 1 saturated carbocycles. The van der Waals surface area contributed by atoms with Gasteiger partial charge in [-0.2, -0.15) is 0 Å². The Labute approximate surface area is 103 Å². The predicted octanol–water partition coefficient (Wildman–Crippen LogP) is 1.43. The fourth-order valence-corrected chi connectivity index (χ4v) is 2.97. The number of esters is 1. The Balaban J connectivity index is 1.88. The van der Waals surface area contributed by atoms with Gasteiger partial charge in [0.2, 0.25) is 0 Å². The van der Waals surface area contributed by atoms with Crippen LogP contribution in [0.5, 0.6) is 0 Å². The first-order valence-corrected chi connectivity index (χ1v) is 6.84. The molecule has 1 aliphatic carbocycles. The lowest BCUT2D eigenvalue weighted by Gasteiger charge is -2.31. The van der Waals surface area contributed by atoms with Gasteiger partial charge < -0.3 is 9.84 Å². The number of carbonyl (C=O) groups is 1. The van der Waals surface area contributed by atoms with E-state index in [1.54, 1.807) is 0 Å². The largest absolute Gasteiger partial charge is 0.462 e. The van der Waals surface area contributed by atoms with Crippen molar-refractivity contribution in [3.63, 3.8) is 0 Å². The van der Waals surface area contributed by atoms with Crippen molar-refractivity contribution in [1.82, 2.24) is 5.32 Å². The third-order valence-corrected chi connectivity index (χ3v) is 4.12. The second-order valence-corrected chi connectivity index (χ2v) is 5.22. The van der Waals surface area contributed by atoms with E-state index in [0.717, 1.165) is 19.3 Å². The molecule has 1 saturated heterocycles. The van der Waals surface area contributed by atoms with Crippen molar-refractivity contribution in [2.45, 2.75) is 57.8 Å². The van der Waals surface area contributed by atoms with Crippen molar-refractivity contribution in [1.29, 1.82) is 0 Å². The first-order valence-electron chi connectivity index (χ1n) is 6.84. The van der Waals surface area contributed by atoms with Crippen LogP contribution in [0.3, 0.4) is 0 Å². The van der Waals surface area contributed by atoms with Gasteiger partial charge in [-0.25, -0.2) is 0 Å². The van der Waals surface area contributed by atoms with E-state index in [1.807, 2.05) is 0 Å². The van der Waals surface area contributed by atoms with E-state index in [4.69, 9.17) is 4.74 Å². The minimum atomic E-state index is -0.717. The summed E-state index contributed by atoms with van der Waals surface area (Å²) in [7, 11) is 0. The highest BCUT2D eigenvalue weighted by Crippen LogP contribution is 2.30. The topological polar surface area (TPSA) is 58.6 Å². The maximum absolute atomic E-state index is 12.0. The minimum absolute atomic E-state index is 0.0778. The highest BCUT2D eigenvalue weighted by molar-refractivity contribution is 5.73. The molecule has 4 atom stereocenters. The average molecular weight is 241 g/mol. The van der Waals surface area contributed by atoms with Crippen LogP contribution in [0.25, 0.3) is 0 Å². The van der Waals surface area contributed by atoms with E-state index in [-0.39, 0.29) is 18.0 Å². The van der Waals surface area contributed by atoms with Gasteiger partial charge in [-0.1, -0.05) is 13.3 Å². The molecule has 98 valence electrons. The molecule has 0 aromatic rings. The summed E-state index contributed by atoms with van der Waals surface area (Å²) >= 11 is 0. The smallest absolute Gasteiger partial charge is 0.313 e. The molecule has 0 spiro atoms. The monoisotopic (exact) mass is 241 g/mol. The molecule has 0 amide bonds. The Bertz CT molecular complexity index is 269. The van der Waals surface area contributed by atoms with Crippen LogP contribution in [-0.4, -0.2) is 30.0 Å². The minimum Gasteiger partial charge on any atom is -0.462 e. The third kappa shape index (κ3) is 2.99. The van der Waals surface area contributed by atoms with Gasteiger partial charge in [-0.15, -0.1) is 0 Å². The molecule has 0 aromatic heterocycles. The number of nitrogens with one attached hydrogen (secondary N) is 1. The molecule has 0 aromatic carbocycles. The molecule has 0 bridgehead atoms. The summed E-state index contributed by atoms with van der Waals surface area (Å²) in [5.41, 5.74) is 0. The molecule has 2 aliphatic rings. The van der Waals surface area contributed by atoms with Crippen molar-refractivity contribution < 1.29 is 14.6 Å². The number of aliphatic hydroxyl groups excluding tert-OH is 1. The van der Waals surface area contributed by atoms with Gasteiger partial charge in [0.15, 0.2) is 0 Å². The lowest BCUT2D eigenvalue weighted by atomic mass is 9.84. The van der Waals surface area contributed by atoms with Crippen molar-refractivity contribution >= 4 is 5.97 Å². The van der Waals surface area contributed by atoms with Crippen molar-refractivity contribution in [3.05, 3.63) is 0 Å². The highest BCUT2D eigenvalue weighted by atomic mass is 16.5. The summed E-state index contributed by atoms with van der Waals surface area (Å²) < 4.78 is 5.61. The Morgan fingerprint density at radius 3 is 2.76 bits per heavy atom. The van der Waals surface area contributed by atoms with Crippen LogP contribution in [0.15, 0.2) is 0 Å². The highest BCUT2D eigenvalue weighted by Gasteiger charge is 2.35. The van der Waals surface area contributed by atoms with E-state index in [0.29, 0.717) is 18.9 Å². The molecule has 17 heavy (non-hydrogen) atoms. The van der Waals surface area contributed by atoms with Crippen LogP contribution in [0.4, 0.5) is 0 Å². The fraction of sp³-hybridized carbons (Fsp3) is 0.923. The Morgan fingerprint density at radius 1 is 1.35 bits per heavy atom. The molecule has 2 fully saturated rings. The Kier molecular flexibility index (Phi) is 4.40. The van der Waals surface area contributed by atoms with E-state index in [1.165, 1.54) is 12.8 Å². The summed E-state index contributed by atoms with van der Waals surface area (Å²) in [6, 6.07) is 0. The average Bonchev–Trinajstić information content (AvgIpc) is 2.76. The van der Waals surface area contributed by atoms with Gasteiger partial charge in [0.05, 0.1) is 5.92 Å². The van der Waals surface area contributed by atoms with E-state index >= 15 is 0 Å². The molecule has 2 rings (SSSR count). The molecule has 0 radical (unpaired) electrons. The number of carbonyl (C=O) groups excluding carboxylic acids is 1. The molecule has 4 nitrogen and oxygen atoms in total. The van der Waals surface area contributed by atoms with Gasteiger partial charge in [0, 0.05) is 0 Å². The summed E-state index contributed by atoms with van der Waals surface area (Å²) in [6.45, 7) is 2.85. The second-order valence-electron chi connectivity index (χ2n) is 5.22. The van der Waals surface area contributed by atoms with Crippen LogP contribution in [0, 0.1) is 11.8 Å². The second kappa shape index (κ2) is 5.83. The van der Waals surface area contributed by atoms with E-state index < -0.39 is 6.23 Å². The first kappa shape index (κ1) is 12.8. The SMILES string of the molecule is CC[C@H]1CCCC[C@@H]1OC(=O)C1CCNC1O. The first-order chi connectivity index (χ1) is 8.22. The summed E-state index contributed by atoms with van der Waals surface area (Å²) in [4.78, 5) is 12.0. The quantitative estimate of drug-likeness (QED) is 0.734. The molecule has 2 unspecified atom stereocenters. The van der Waals surface area contributed by atoms with Crippen molar-refractivity contribution in [3.8, 4) is 0 Å². The van der Waals surface area contributed by atoms with Gasteiger partial charge in [-0.05, 0) is 44.6 Å². The Morgan fingerprint density at radius 2 is 2.12 bits per heavy atom. The van der Waals surface area contributed by atoms with Gasteiger partial charge in [0.25, 0.3) is 0 Å². The standard InChI is InChI=1S/C13H23NO3/c1-2-9-5-3-4-6-11(9)17-13(16)10-7-8-14-12(10)15/h9-12,14-15H,2-8H2,1H3/t9-,10?,11-,12?/m0/s1. The van der Waals surface area contributed by atoms with Crippen LogP contribution in [0.2, 0.25) is 0 Å². The number of hydrogen-bond acceptors (Lipinski definition) is 4. The molecular formula is C13H23NO3. The molecule has 1 aliphatic heterocycles. The zero-order valence-corrected chi connectivity index (χ0v) is 10.5. The number of aliphatic hydroxyl groups is 1. The maximum Gasteiger partial charge on any atom is 0.313 e. The van der Waals surface area contributed by atoms with E-state index in [2.05, 4.69) is 12.2 Å². The van der Waals surface area contributed by atoms with Crippen LogP contribution >= 0.6 is 0 Å². The van der Waals surface area contributed by atoms with Crippen molar-refractivity contribution in [2.75, 3.05) is 6.54 Å². The van der Waals surface area contributed by atoms with E-state index in [9.17, 15) is 9.90 Å². The zero-order chi connectivity index (χ0) is 12.3. The summed E-state index contributed by atoms with van der Waals surface area (Å²) in [6.07, 6.45) is 5.67. The van der Waals surface area contributed by atoms with Crippen molar-refractivity contribution in [2.24, 2.45) is 11.8 Å². The molecular weight excluding hydrogens is 218 g/mol. The lowest BCUT2D eigenvalue weighted by molar-refractivity contribution is -0.162. The predicted molar refractivity (Wildman–Crippen MR) is 64.2 cm³/mol. The number of rotatable bonds is 3. The molecule has 1 heterocycles. The molecule has 2 N–H and O–H groups in total. The zero-order valence-electron chi connectivity index (χ0n) is 10.5. The van der Waals surface area contributed by atoms with Gasteiger partial charge in [0.1, 0.15) is 12.3 Å². The number of hydrogen-bond donors (Lipinski definition) is 2. The van der Waals surface area contributed by atoms with Gasteiger partial charge >= 0.3 is 5.97 Å². The Hall–Kier alpha value is -0.610. The van der Waals surface area contributed by atoms with Crippen LogP contribution < -0.4 is 5.32 Å². The molecule has 4 heteroatoms. The number of ether oxygens (including phenoxy) is 1. The summed E-state index contributed by atoms with van der Waals surface area (Å²) in [5, 5.41) is 12.5. The fourth-order valence-electron chi connectivity index (χ4n) is 2.97. The summed E-state index contributed by atoms with van der Waals surface area (Å²) in [5.74, 6) is -0.0681.